The molecule has 108 valence electrons. The predicted octanol–water partition coefficient (Wildman–Crippen LogP) is 2.06. The lowest BCUT2D eigenvalue weighted by atomic mass is 9.94. The Morgan fingerprint density at radius 3 is 2.81 bits per heavy atom. The number of aliphatic hydroxyl groups is 1. The fourth-order valence-corrected chi connectivity index (χ4v) is 2.60. The van der Waals surface area contributed by atoms with E-state index in [0.717, 1.165) is 17.5 Å². The lowest BCUT2D eigenvalue weighted by Gasteiger charge is -2.19. The Kier molecular flexibility index (Phi) is 3.62. The predicted molar refractivity (Wildman–Crippen MR) is 79.5 cm³/mol. The summed E-state index contributed by atoms with van der Waals surface area (Å²) in [5.41, 5.74) is 3.13. The highest BCUT2D eigenvalue weighted by Crippen LogP contribution is 2.27. The van der Waals surface area contributed by atoms with Crippen LogP contribution in [0.5, 0.6) is 5.75 Å². The van der Waals surface area contributed by atoms with Gasteiger partial charge in [-0.2, -0.15) is 0 Å². The molecule has 3 rings (SSSR count). The second-order valence-corrected chi connectivity index (χ2v) is 5.10. The first kappa shape index (κ1) is 13.6. The van der Waals surface area contributed by atoms with E-state index >= 15 is 0 Å². The molecule has 21 heavy (non-hydrogen) atoms. The Morgan fingerprint density at radius 2 is 2.00 bits per heavy atom. The molecule has 0 saturated carbocycles. The smallest absolute Gasteiger partial charge is 0.251 e. The SMILES string of the molecule is COc1cccc(C(O)c2ccc3c(c2)C(=O)NCC3)c1. The summed E-state index contributed by atoms with van der Waals surface area (Å²) in [6.45, 7) is 0.670. The van der Waals surface area contributed by atoms with Gasteiger partial charge >= 0.3 is 0 Å². The summed E-state index contributed by atoms with van der Waals surface area (Å²) in [5, 5.41) is 13.3. The molecule has 2 aromatic carbocycles. The van der Waals surface area contributed by atoms with Gasteiger partial charge in [0.05, 0.1) is 7.11 Å². The highest BCUT2D eigenvalue weighted by molar-refractivity contribution is 5.96. The first-order chi connectivity index (χ1) is 10.2. The van der Waals surface area contributed by atoms with Gasteiger partial charge in [-0.05, 0) is 41.3 Å². The van der Waals surface area contributed by atoms with Crippen LogP contribution in [0.1, 0.15) is 33.2 Å². The number of methoxy groups -OCH3 is 1. The molecule has 4 heteroatoms. The van der Waals surface area contributed by atoms with Gasteiger partial charge in [-0.1, -0.05) is 24.3 Å². The van der Waals surface area contributed by atoms with E-state index in [-0.39, 0.29) is 5.91 Å². The molecule has 2 N–H and O–H groups in total. The van der Waals surface area contributed by atoms with Crippen LogP contribution in [0.4, 0.5) is 0 Å². The second kappa shape index (κ2) is 5.58. The number of carbonyl (C=O) groups excluding carboxylic acids is 1. The van der Waals surface area contributed by atoms with E-state index in [2.05, 4.69) is 5.32 Å². The second-order valence-electron chi connectivity index (χ2n) is 5.10. The Morgan fingerprint density at radius 1 is 1.19 bits per heavy atom. The van der Waals surface area contributed by atoms with Crippen molar-refractivity contribution in [1.29, 1.82) is 0 Å². The van der Waals surface area contributed by atoms with E-state index in [4.69, 9.17) is 4.74 Å². The van der Waals surface area contributed by atoms with Crippen molar-refractivity contribution in [3.8, 4) is 5.75 Å². The Hall–Kier alpha value is -2.33. The van der Waals surface area contributed by atoms with Crippen LogP contribution in [-0.4, -0.2) is 24.7 Å². The third-order valence-corrected chi connectivity index (χ3v) is 3.78. The molecule has 1 unspecified atom stereocenters. The van der Waals surface area contributed by atoms with Gasteiger partial charge in [0.2, 0.25) is 0 Å². The summed E-state index contributed by atoms with van der Waals surface area (Å²) >= 11 is 0. The zero-order valence-electron chi connectivity index (χ0n) is 11.8. The number of fused-ring (bicyclic) bond motifs is 1. The standard InChI is InChI=1S/C17H17NO3/c1-21-14-4-2-3-12(9-14)16(19)13-6-5-11-7-8-18-17(20)15(11)10-13/h2-6,9-10,16,19H,7-8H2,1H3,(H,18,20). The van der Waals surface area contributed by atoms with E-state index in [0.29, 0.717) is 23.4 Å². The molecular formula is C17H17NO3. The minimum atomic E-state index is -0.778. The van der Waals surface area contributed by atoms with Crippen molar-refractivity contribution in [2.45, 2.75) is 12.5 Å². The molecule has 0 aliphatic carbocycles. The van der Waals surface area contributed by atoms with Crippen molar-refractivity contribution in [1.82, 2.24) is 5.32 Å². The molecule has 4 nitrogen and oxygen atoms in total. The number of ether oxygens (including phenoxy) is 1. The molecule has 0 radical (unpaired) electrons. The molecule has 0 aromatic heterocycles. The lowest BCUT2D eigenvalue weighted by molar-refractivity contribution is 0.0945. The van der Waals surface area contributed by atoms with Crippen LogP contribution in [0.25, 0.3) is 0 Å². The van der Waals surface area contributed by atoms with Crippen LogP contribution < -0.4 is 10.1 Å². The molecule has 1 aliphatic rings. The molecule has 0 spiro atoms. The van der Waals surface area contributed by atoms with Gasteiger partial charge in [0.1, 0.15) is 11.9 Å². The maximum absolute atomic E-state index is 11.9. The number of benzene rings is 2. The quantitative estimate of drug-likeness (QED) is 0.906. The number of hydrogen-bond donors (Lipinski definition) is 2. The summed E-state index contributed by atoms with van der Waals surface area (Å²) in [6.07, 6.45) is 0.0523. The molecule has 0 fully saturated rings. The van der Waals surface area contributed by atoms with Crippen LogP contribution in [0.2, 0.25) is 0 Å². The van der Waals surface area contributed by atoms with E-state index in [9.17, 15) is 9.90 Å². The topological polar surface area (TPSA) is 58.6 Å². The van der Waals surface area contributed by atoms with E-state index in [1.807, 2.05) is 30.3 Å². The number of rotatable bonds is 3. The van der Waals surface area contributed by atoms with Gasteiger partial charge in [-0.15, -0.1) is 0 Å². The Labute approximate surface area is 123 Å². The number of hydrogen-bond acceptors (Lipinski definition) is 3. The number of nitrogens with one attached hydrogen (secondary N) is 1. The van der Waals surface area contributed by atoms with Gasteiger partial charge in [0, 0.05) is 12.1 Å². The monoisotopic (exact) mass is 283 g/mol. The normalized spacial score (nSPS) is 15.0. The minimum absolute atomic E-state index is 0.0732. The van der Waals surface area contributed by atoms with Gasteiger partial charge in [0.25, 0.3) is 5.91 Å². The molecule has 1 amide bonds. The molecular weight excluding hydrogens is 266 g/mol. The molecule has 1 heterocycles. The lowest BCUT2D eigenvalue weighted by Crippen LogP contribution is -2.31. The molecule has 1 aliphatic heterocycles. The molecule has 2 aromatic rings. The first-order valence-corrected chi connectivity index (χ1v) is 6.92. The van der Waals surface area contributed by atoms with Crippen LogP contribution in [0, 0.1) is 0 Å². The van der Waals surface area contributed by atoms with Crippen molar-refractivity contribution >= 4 is 5.91 Å². The molecule has 0 bridgehead atoms. The zero-order valence-corrected chi connectivity index (χ0v) is 11.8. The van der Waals surface area contributed by atoms with Gasteiger partial charge in [-0.25, -0.2) is 0 Å². The van der Waals surface area contributed by atoms with Crippen molar-refractivity contribution < 1.29 is 14.6 Å². The fourth-order valence-electron chi connectivity index (χ4n) is 2.60. The van der Waals surface area contributed by atoms with Crippen molar-refractivity contribution in [3.05, 3.63) is 64.7 Å². The van der Waals surface area contributed by atoms with Gasteiger partial charge in [-0.3, -0.25) is 4.79 Å². The van der Waals surface area contributed by atoms with Gasteiger partial charge < -0.3 is 15.2 Å². The summed E-state index contributed by atoms with van der Waals surface area (Å²) in [5.74, 6) is 0.623. The zero-order chi connectivity index (χ0) is 14.8. The Bertz CT molecular complexity index is 681. The maximum Gasteiger partial charge on any atom is 0.251 e. The van der Waals surface area contributed by atoms with Crippen molar-refractivity contribution in [2.75, 3.05) is 13.7 Å². The number of carbonyl (C=O) groups is 1. The van der Waals surface area contributed by atoms with Crippen LogP contribution >= 0.6 is 0 Å². The average Bonchev–Trinajstić information content (AvgIpc) is 2.54. The fraction of sp³-hybridized carbons (Fsp3) is 0.235. The van der Waals surface area contributed by atoms with Crippen molar-refractivity contribution in [3.63, 3.8) is 0 Å². The number of aliphatic hydroxyl groups excluding tert-OH is 1. The van der Waals surface area contributed by atoms with Crippen LogP contribution in [0.3, 0.4) is 0 Å². The highest BCUT2D eigenvalue weighted by Gasteiger charge is 2.19. The highest BCUT2D eigenvalue weighted by atomic mass is 16.5. The third-order valence-electron chi connectivity index (χ3n) is 3.78. The maximum atomic E-state index is 11.9. The van der Waals surface area contributed by atoms with E-state index in [1.54, 1.807) is 19.2 Å². The molecule has 1 atom stereocenters. The van der Waals surface area contributed by atoms with Crippen molar-refractivity contribution in [2.24, 2.45) is 0 Å². The van der Waals surface area contributed by atoms with Gasteiger partial charge in [0.15, 0.2) is 0 Å². The largest absolute Gasteiger partial charge is 0.497 e. The van der Waals surface area contributed by atoms with Crippen LogP contribution in [-0.2, 0) is 6.42 Å². The summed E-state index contributed by atoms with van der Waals surface area (Å²) in [7, 11) is 1.59. The minimum Gasteiger partial charge on any atom is -0.497 e. The van der Waals surface area contributed by atoms with Crippen LogP contribution in [0.15, 0.2) is 42.5 Å². The number of amides is 1. The average molecular weight is 283 g/mol. The Balaban J connectivity index is 1.96. The summed E-state index contributed by atoms with van der Waals surface area (Å²) < 4.78 is 5.17. The molecule has 0 saturated heterocycles. The summed E-state index contributed by atoms with van der Waals surface area (Å²) in [4.78, 5) is 11.9. The van der Waals surface area contributed by atoms with E-state index < -0.39 is 6.10 Å². The van der Waals surface area contributed by atoms with E-state index in [1.165, 1.54) is 0 Å². The summed E-state index contributed by atoms with van der Waals surface area (Å²) in [6, 6.07) is 12.9. The third kappa shape index (κ3) is 2.62. The first-order valence-electron chi connectivity index (χ1n) is 6.92.